The highest BCUT2D eigenvalue weighted by molar-refractivity contribution is 5.99. The number of ether oxygens (including phenoxy) is 2. The predicted octanol–water partition coefficient (Wildman–Crippen LogP) is 3.20. The number of hydrogen-bond acceptors (Lipinski definition) is 4. The average molecular weight is 383 g/mol. The first-order chi connectivity index (χ1) is 13.4. The highest BCUT2D eigenvalue weighted by atomic mass is 16.5. The number of carbonyl (C=O) groups excluding carboxylic acids is 2. The van der Waals surface area contributed by atoms with Gasteiger partial charge < -0.3 is 19.7 Å². The van der Waals surface area contributed by atoms with Gasteiger partial charge in [-0.05, 0) is 49.2 Å². The lowest BCUT2D eigenvalue weighted by molar-refractivity contribution is -0.116. The van der Waals surface area contributed by atoms with Crippen molar-refractivity contribution < 1.29 is 19.1 Å². The molecule has 0 unspecified atom stereocenters. The molecule has 0 aromatic heterocycles. The number of carbonyl (C=O) groups is 2. The van der Waals surface area contributed by atoms with E-state index in [1.165, 1.54) is 10.5 Å². The second kappa shape index (κ2) is 8.21. The fraction of sp³-hybridized carbons (Fsp3) is 0.333. The van der Waals surface area contributed by atoms with E-state index in [1.807, 2.05) is 32.0 Å². The van der Waals surface area contributed by atoms with Crippen LogP contribution in [0.2, 0.25) is 0 Å². The molecular formula is C21H25N3O4. The summed E-state index contributed by atoms with van der Waals surface area (Å²) in [5, 5.41) is 2.86. The van der Waals surface area contributed by atoms with Crippen molar-refractivity contribution in [1.29, 1.82) is 0 Å². The van der Waals surface area contributed by atoms with E-state index in [0.29, 0.717) is 30.3 Å². The van der Waals surface area contributed by atoms with Crippen LogP contribution in [0.25, 0.3) is 0 Å². The molecule has 1 heterocycles. The molecule has 2 aromatic rings. The molecule has 148 valence electrons. The number of benzene rings is 2. The van der Waals surface area contributed by atoms with E-state index in [1.54, 1.807) is 37.3 Å². The SMILES string of the molecule is COc1ccc(N2CCN(CC(=O)Nc3ccc(C)c(C)c3)C2=O)cc1OC. The maximum absolute atomic E-state index is 12.7. The van der Waals surface area contributed by atoms with Gasteiger partial charge in [-0.25, -0.2) is 4.79 Å². The van der Waals surface area contributed by atoms with Gasteiger partial charge in [-0.3, -0.25) is 9.69 Å². The van der Waals surface area contributed by atoms with E-state index in [2.05, 4.69) is 5.32 Å². The van der Waals surface area contributed by atoms with Crippen LogP contribution in [-0.2, 0) is 4.79 Å². The Labute approximate surface area is 164 Å². The Morgan fingerprint density at radius 1 is 1.00 bits per heavy atom. The van der Waals surface area contributed by atoms with Crippen molar-refractivity contribution in [2.45, 2.75) is 13.8 Å². The molecule has 1 saturated heterocycles. The number of amides is 3. The lowest BCUT2D eigenvalue weighted by Crippen LogP contribution is -2.37. The van der Waals surface area contributed by atoms with Crippen LogP contribution in [0.4, 0.5) is 16.2 Å². The number of nitrogens with one attached hydrogen (secondary N) is 1. The minimum Gasteiger partial charge on any atom is -0.493 e. The van der Waals surface area contributed by atoms with E-state index >= 15 is 0 Å². The van der Waals surface area contributed by atoms with E-state index in [4.69, 9.17) is 9.47 Å². The molecule has 0 spiro atoms. The molecule has 1 N–H and O–H groups in total. The van der Waals surface area contributed by atoms with Crippen molar-refractivity contribution in [2.24, 2.45) is 0 Å². The molecule has 1 fully saturated rings. The van der Waals surface area contributed by atoms with E-state index in [-0.39, 0.29) is 18.5 Å². The fourth-order valence-corrected chi connectivity index (χ4v) is 3.15. The summed E-state index contributed by atoms with van der Waals surface area (Å²) in [7, 11) is 3.12. The maximum Gasteiger partial charge on any atom is 0.325 e. The molecule has 0 aliphatic carbocycles. The van der Waals surface area contributed by atoms with Crippen molar-refractivity contribution in [3.8, 4) is 11.5 Å². The summed E-state index contributed by atoms with van der Waals surface area (Å²) in [5.74, 6) is 0.937. The van der Waals surface area contributed by atoms with Gasteiger partial charge in [0.15, 0.2) is 11.5 Å². The molecule has 3 rings (SSSR count). The molecule has 0 saturated carbocycles. The molecule has 1 aliphatic heterocycles. The molecule has 7 heteroatoms. The summed E-state index contributed by atoms with van der Waals surface area (Å²) in [5.41, 5.74) is 3.71. The summed E-state index contributed by atoms with van der Waals surface area (Å²) in [4.78, 5) is 28.3. The van der Waals surface area contributed by atoms with Crippen LogP contribution in [0.1, 0.15) is 11.1 Å². The van der Waals surface area contributed by atoms with Gasteiger partial charge in [0, 0.05) is 30.5 Å². The third kappa shape index (κ3) is 4.03. The molecule has 0 bridgehead atoms. The molecule has 28 heavy (non-hydrogen) atoms. The molecule has 2 aromatic carbocycles. The third-order valence-electron chi connectivity index (χ3n) is 4.90. The van der Waals surface area contributed by atoms with Crippen LogP contribution in [0, 0.1) is 13.8 Å². The number of urea groups is 1. The van der Waals surface area contributed by atoms with E-state index in [9.17, 15) is 9.59 Å². The molecule has 0 atom stereocenters. The van der Waals surface area contributed by atoms with Crippen molar-refractivity contribution in [2.75, 3.05) is 44.1 Å². The number of methoxy groups -OCH3 is 2. The van der Waals surface area contributed by atoms with Crippen molar-refractivity contribution in [3.63, 3.8) is 0 Å². The van der Waals surface area contributed by atoms with Crippen molar-refractivity contribution in [1.82, 2.24) is 4.90 Å². The lowest BCUT2D eigenvalue weighted by Gasteiger charge is -2.19. The van der Waals surface area contributed by atoms with Gasteiger partial charge in [0.05, 0.1) is 14.2 Å². The second-order valence-electron chi connectivity index (χ2n) is 6.74. The highest BCUT2D eigenvalue weighted by Gasteiger charge is 2.31. The van der Waals surface area contributed by atoms with Gasteiger partial charge in [-0.2, -0.15) is 0 Å². The van der Waals surface area contributed by atoms with Gasteiger partial charge in [-0.1, -0.05) is 6.07 Å². The third-order valence-corrected chi connectivity index (χ3v) is 4.90. The zero-order valence-electron chi connectivity index (χ0n) is 16.6. The predicted molar refractivity (Wildman–Crippen MR) is 108 cm³/mol. The minimum absolute atomic E-state index is 0.00947. The second-order valence-corrected chi connectivity index (χ2v) is 6.74. The van der Waals surface area contributed by atoms with Crippen LogP contribution < -0.4 is 19.7 Å². The standard InChI is InChI=1S/C21H25N3O4/c1-14-5-6-16(11-15(14)2)22-20(25)13-23-9-10-24(21(23)26)17-7-8-18(27-3)19(12-17)28-4/h5-8,11-12H,9-10,13H2,1-4H3,(H,22,25). The van der Waals surface area contributed by atoms with Crippen LogP contribution in [-0.4, -0.2) is 50.7 Å². The largest absolute Gasteiger partial charge is 0.493 e. The Balaban J connectivity index is 1.65. The molecule has 1 aliphatic rings. The van der Waals surface area contributed by atoms with Gasteiger partial charge in [-0.15, -0.1) is 0 Å². The number of aryl methyl sites for hydroxylation is 2. The number of nitrogens with zero attached hydrogens (tertiary/aromatic N) is 2. The molecular weight excluding hydrogens is 358 g/mol. The molecule has 3 amide bonds. The maximum atomic E-state index is 12.7. The number of hydrogen-bond donors (Lipinski definition) is 1. The zero-order chi connectivity index (χ0) is 20.3. The van der Waals surface area contributed by atoms with Gasteiger partial charge in [0.2, 0.25) is 5.91 Å². The monoisotopic (exact) mass is 383 g/mol. The first-order valence-corrected chi connectivity index (χ1v) is 9.08. The topological polar surface area (TPSA) is 71.1 Å². The molecule has 0 radical (unpaired) electrons. The number of anilines is 2. The smallest absolute Gasteiger partial charge is 0.325 e. The van der Waals surface area contributed by atoms with Crippen LogP contribution >= 0.6 is 0 Å². The summed E-state index contributed by atoms with van der Waals surface area (Å²) in [6.07, 6.45) is 0. The van der Waals surface area contributed by atoms with Crippen molar-refractivity contribution >= 4 is 23.3 Å². The normalized spacial score (nSPS) is 13.6. The average Bonchev–Trinajstić information content (AvgIpc) is 3.04. The fourth-order valence-electron chi connectivity index (χ4n) is 3.15. The Morgan fingerprint density at radius 3 is 2.43 bits per heavy atom. The van der Waals surface area contributed by atoms with Gasteiger partial charge in [0.25, 0.3) is 0 Å². The first kappa shape index (κ1) is 19.5. The van der Waals surface area contributed by atoms with Crippen LogP contribution in [0.3, 0.4) is 0 Å². The first-order valence-electron chi connectivity index (χ1n) is 9.08. The van der Waals surface area contributed by atoms with E-state index < -0.39 is 0 Å². The lowest BCUT2D eigenvalue weighted by atomic mass is 10.1. The van der Waals surface area contributed by atoms with Crippen molar-refractivity contribution in [3.05, 3.63) is 47.5 Å². The quantitative estimate of drug-likeness (QED) is 0.832. The number of rotatable bonds is 6. The summed E-state index contributed by atoms with van der Waals surface area (Å²) < 4.78 is 10.5. The highest BCUT2D eigenvalue weighted by Crippen LogP contribution is 2.32. The van der Waals surface area contributed by atoms with Crippen LogP contribution in [0.15, 0.2) is 36.4 Å². The summed E-state index contributed by atoms with van der Waals surface area (Å²) in [6, 6.07) is 10.9. The van der Waals surface area contributed by atoms with Gasteiger partial charge in [0.1, 0.15) is 6.54 Å². The Bertz CT molecular complexity index is 897. The zero-order valence-corrected chi connectivity index (χ0v) is 16.6. The Morgan fingerprint density at radius 2 is 1.75 bits per heavy atom. The summed E-state index contributed by atoms with van der Waals surface area (Å²) in [6.45, 7) is 5.01. The summed E-state index contributed by atoms with van der Waals surface area (Å²) >= 11 is 0. The van der Waals surface area contributed by atoms with E-state index in [0.717, 1.165) is 11.3 Å². The van der Waals surface area contributed by atoms with Crippen LogP contribution in [0.5, 0.6) is 11.5 Å². The van der Waals surface area contributed by atoms with Gasteiger partial charge >= 0.3 is 6.03 Å². The Kier molecular flexibility index (Phi) is 5.73. The Hall–Kier alpha value is -3.22. The molecule has 7 nitrogen and oxygen atoms in total. The minimum atomic E-state index is -0.217.